The van der Waals surface area contributed by atoms with Crippen molar-refractivity contribution < 1.29 is 19.1 Å². The number of ether oxygens (including phenoxy) is 2. The molecular formula is C42H32Cl2N8O4. The van der Waals surface area contributed by atoms with Gasteiger partial charge in [-0.05, 0) is 112 Å². The zero-order valence-electron chi connectivity index (χ0n) is 30.2. The number of nitrogens with zero attached hydrogens (tertiary/aromatic N) is 8. The lowest BCUT2D eigenvalue weighted by Crippen LogP contribution is -2.07. The van der Waals surface area contributed by atoms with E-state index in [1.807, 2.05) is 24.3 Å². The number of halogens is 2. The highest BCUT2D eigenvalue weighted by Gasteiger charge is 2.21. The van der Waals surface area contributed by atoms with Gasteiger partial charge in [0.15, 0.2) is 0 Å². The molecule has 0 saturated carbocycles. The third-order valence-corrected chi connectivity index (χ3v) is 9.58. The predicted octanol–water partition coefficient (Wildman–Crippen LogP) is 8.57. The van der Waals surface area contributed by atoms with Gasteiger partial charge in [-0.2, -0.15) is 20.4 Å². The van der Waals surface area contributed by atoms with Crippen molar-refractivity contribution in [3.8, 4) is 22.9 Å². The molecule has 0 N–H and O–H groups in total. The first-order valence-electron chi connectivity index (χ1n) is 17.7. The quantitative estimate of drug-likeness (QED) is 0.0825. The van der Waals surface area contributed by atoms with Gasteiger partial charge >= 0.3 is 0 Å². The molecule has 0 amide bonds. The molecule has 0 atom stereocenters. The molecule has 14 heteroatoms. The molecule has 0 aliphatic carbocycles. The van der Waals surface area contributed by atoms with E-state index in [1.54, 1.807) is 108 Å². The Morgan fingerprint density at radius 3 is 1.38 bits per heavy atom. The summed E-state index contributed by atoms with van der Waals surface area (Å²) in [5, 5.41) is 28.5. The molecule has 0 bridgehead atoms. The fourth-order valence-electron chi connectivity index (χ4n) is 6.18. The third kappa shape index (κ3) is 7.57. The second-order valence-electron chi connectivity index (χ2n) is 13.0. The minimum absolute atomic E-state index is 0.217. The molecule has 0 aliphatic heterocycles. The number of carbonyl (C=O) groups excluding carboxylic acids is 2. The Labute approximate surface area is 330 Å². The molecule has 0 spiro atoms. The molecule has 8 aromatic rings. The van der Waals surface area contributed by atoms with Gasteiger partial charge in [-0.3, -0.25) is 9.59 Å². The van der Waals surface area contributed by atoms with Gasteiger partial charge in [-0.15, -0.1) is 10.2 Å². The number of carbonyl (C=O) groups is 2. The fourth-order valence-corrected chi connectivity index (χ4v) is 6.55. The van der Waals surface area contributed by atoms with Crippen molar-refractivity contribution >= 4 is 56.6 Å². The van der Waals surface area contributed by atoms with E-state index < -0.39 is 0 Å². The van der Waals surface area contributed by atoms with Gasteiger partial charge in [0, 0.05) is 33.6 Å². The van der Waals surface area contributed by atoms with Gasteiger partial charge in [0.05, 0.1) is 46.7 Å². The van der Waals surface area contributed by atoms with E-state index in [0.717, 1.165) is 24.2 Å². The number of rotatable bonds is 13. The number of hydrogen-bond donors (Lipinski definition) is 0. The molecule has 4 aromatic heterocycles. The summed E-state index contributed by atoms with van der Waals surface area (Å²) in [5.74, 6) is 0.752. The Morgan fingerprint density at radius 2 is 0.982 bits per heavy atom. The maximum Gasteiger partial charge on any atom is 0.214 e. The van der Waals surface area contributed by atoms with Gasteiger partial charge in [-0.25, -0.2) is 9.36 Å². The van der Waals surface area contributed by atoms with Gasteiger partial charge in [0.1, 0.15) is 33.9 Å². The highest BCUT2D eigenvalue weighted by atomic mass is 35.5. The van der Waals surface area contributed by atoms with E-state index in [-0.39, 0.29) is 23.0 Å². The first kappa shape index (κ1) is 36.5. The fraction of sp³-hybridized carbons (Fsp3) is 0.143. The molecular weight excluding hydrogens is 751 g/mol. The molecule has 0 fully saturated rings. The first-order chi connectivity index (χ1) is 27.2. The number of hydrogen-bond acceptors (Lipinski definition) is 10. The van der Waals surface area contributed by atoms with Crippen LogP contribution in [0, 0.1) is 13.8 Å². The summed E-state index contributed by atoms with van der Waals surface area (Å²) < 4.78 is 15.2. The van der Waals surface area contributed by atoms with E-state index >= 15 is 0 Å². The summed E-state index contributed by atoms with van der Waals surface area (Å²) in [6, 6.07) is 28.5. The number of aromatic nitrogens is 8. The normalized spacial score (nSPS) is 11.3. The molecule has 278 valence electrons. The Kier molecular flexibility index (Phi) is 10.2. The van der Waals surface area contributed by atoms with Crippen LogP contribution in [-0.2, 0) is 0 Å². The van der Waals surface area contributed by atoms with Gasteiger partial charge in [0.2, 0.25) is 11.6 Å². The maximum absolute atomic E-state index is 13.5. The van der Waals surface area contributed by atoms with Crippen LogP contribution in [0.3, 0.4) is 0 Å². The Bertz CT molecular complexity index is 2560. The lowest BCUT2D eigenvalue weighted by atomic mass is 10.1. The summed E-state index contributed by atoms with van der Waals surface area (Å²) in [4.78, 5) is 27.0. The van der Waals surface area contributed by atoms with Crippen LogP contribution in [0.25, 0.3) is 33.2 Å². The van der Waals surface area contributed by atoms with Crippen LogP contribution in [0.5, 0.6) is 11.5 Å². The van der Waals surface area contributed by atoms with Gasteiger partial charge in [0.25, 0.3) is 0 Å². The summed E-state index contributed by atoms with van der Waals surface area (Å²) in [6.07, 6.45) is 5.03. The van der Waals surface area contributed by atoms with E-state index in [0.29, 0.717) is 79.1 Å². The van der Waals surface area contributed by atoms with Crippen molar-refractivity contribution in [3.05, 3.63) is 153 Å². The van der Waals surface area contributed by atoms with Crippen LogP contribution in [0.2, 0.25) is 10.0 Å². The van der Waals surface area contributed by atoms with Crippen molar-refractivity contribution in [3.63, 3.8) is 0 Å². The minimum atomic E-state index is -0.266. The molecule has 0 unspecified atom stereocenters. The van der Waals surface area contributed by atoms with Crippen molar-refractivity contribution in [1.82, 2.24) is 40.0 Å². The average Bonchev–Trinajstić information content (AvgIpc) is 3.87. The Balaban J connectivity index is 0.829. The molecule has 4 aromatic carbocycles. The zero-order valence-corrected chi connectivity index (χ0v) is 31.7. The van der Waals surface area contributed by atoms with Gasteiger partial charge in [-0.1, -0.05) is 35.3 Å². The highest BCUT2D eigenvalue weighted by molar-refractivity contribution is 6.31. The van der Waals surface area contributed by atoms with E-state index in [1.165, 1.54) is 0 Å². The van der Waals surface area contributed by atoms with Crippen molar-refractivity contribution in [1.29, 1.82) is 0 Å². The summed E-state index contributed by atoms with van der Waals surface area (Å²) in [6.45, 7) is 4.55. The second kappa shape index (κ2) is 15.7. The van der Waals surface area contributed by atoms with Crippen LogP contribution < -0.4 is 9.47 Å². The molecule has 8 rings (SSSR count). The van der Waals surface area contributed by atoms with Crippen LogP contribution in [0.1, 0.15) is 56.3 Å². The van der Waals surface area contributed by atoms with E-state index in [9.17, 15) is 9.59 Å². The topological polar surface area (TPSA) is 140 Å². The number of benzene rings is 4. The van der Waals surface area contributed by atoms with E-state index in [4.69, 9.17) is 32.7 Å². The van der Waals surface area contributed by atoms with Gasteiger partial charge < -0.3 is 9.47 Å². The smallest absolute Gasteiger partial charge is 0.214 e. The largest absolute Gasteiger partial charge is 0.494 e. The minimum Gasteiger partial charge on any atom is -0.494 e. The molecule has 0 saturated heterocycles. The van der Waals surface area contributed by atoms with Crippen molar-refractivity contribution in [2.45, 2.75) is 26.7 Å². The Morgan fingerprint density at radius 1 is 0.571 bits per heavy atom. The first-order valence-corrected chi connectivity index (χ1v) is 18.5. The van der Waals surface area contributed by atoms with E-state index in [2.05, 4.69) is 30.6 Å². The lowest BCUT2D eigenvalue weighted by Gasteiger charge is -2.09. The molecule has 0 radical (unpaired) electrons. The van der Waals surface area contributed by atoms with Crippen LogP contribution >= 0.6 is 23.2 Å². The second-order valence-corrected chi connectivity index (χ2v) is 13.9. The molecule has 4 heterocycles. The average molecular weight is 784 g/mol. The monoisotopic (exact) mass is 782 g/mol. The molecule has 12 nitrogen and oxygen atoms in total. The van der Waals surface area contributed by atoms with Crippen molar-refractivity contribution in [2.24, 2.45) is 0 Å². The van der Waals surface area contributed by atoms with Crippen LogP contribution in [0.15, 0.2) is 109 Å². The summed E-state index contributed by atoms with van der Waals surface area (Å²) in [7, 11) is 0. The van der Waals surface area contributed by atoms with Crippen LogP contribution in [0.4, 0.5) is 0 Å². The zero-order chi connectivity index (χ0) is 38.8. The molecule has 0 aliphatic rings. The third-order valence-electron chi connectivity index (χ3n) is 9.11. The predicted molar refractivity (Wildman–Crippen MR) is 213 cm³/mol. The number of aryl methyl sites for hydroxylation is 2. The summed E-state index contributed by atoms with van der Waals surface area (Å²) in [5.41, 5.74) is 5.30. The number of ketones is 2. The maximum atomic E-state index is 13.5. The van der Waals surface area contributed by atoms with Crippen LogP contribution in [-0.4, -0.2) is 64.7 Å². The molecule has 56 heavy (non-hydrogen) atoms. The highest BCUT2D eigenvalue weighted by Crippen LogP contribution is 2.26. The standard InChI is InChI=1S/C42H32Cl2N8O4/c1-25-37-35(23-51(49-37)31-9-5-7-29(43)21-31)39(47-45-25)41(53)27-11-15-33(16-12-27)55-19-3-4-20-56-34-17-13-28(14-18-34)42(54)40-36-24-52(32-10-6-8-30(44)22-32)50-38(36)26(2)46-48-40/h5-18,21-24H,3-4,19-20H2,1-2H3. The summed E-state index contributed by atoms with van der Waals surface area (Å²) >= 11 is 12.4. The lowest BCUT2D eigenvalue weighted by molar-refractivity contribution is 0.102. The number of fused-ring (bicyclic) bond motifs is 2. The SMILES string of the molecule is Cc1nnc(C(=O)c2ccc(OCCCCOc3ccc(C(=O)c4nnc(C)c5nn(-c6cccc(Cl)c6)cc45)cc3)cc2)c2cn(-c3cccc(Cl)c3)nc12. The number of unbranched alkanes of at least 4 members (excludes halogenated alkanes) is 1. The Hall–Kier alpha value is -6.50. The van der Waals surface area contributed by atoms with Crippen molar-refractivity contribution in [2.75, 3.05) is 13.2 Å².